The number of carbonyl (C=O) groups is 3. The number of ether oxygens (including phenoxy) is 1. The predicted octanol–water partition coefficient (Wildman–Crippen LogP) is 4.88. The highest BCUT2D eigenvalue weighted by Gasteiger charge is 2.24. The Kier molecular flexibility index (Phi) is 9.94. The molecule has 0 aromatic heterocycles. The minimum Gasteiger partial charge on any atom is -0.444 e. The molecule has 9 nitrogen and oxygen atoms in total. The van der Waals surface area contributed by atoms with E-state index in [4.69, 9.17) is 16.3 Å². The standard InChI is InChI=1S/C32H36ClN5O4/c33-27-10-4-9-25(21-27)30(39)38-17-6-16-36(19-20-38)29-12-11-26(31(40)37-15-5-13-34-14-18-37)22-28(29)35-32(41)42-23-24-7-2-1-3-8-24/h1-4,7-12,21-22,34H,5-6,13-20,23H2,(H,35,41). The van der Waals surface area contributed by atoms with E-state index in [1.807, 2.05) is 52.3 Å². The van der Waals surface area contributed by atoms with E-state index in [-0.39, 0.29) is 18.4 Å². The first-order chi connectivity index (χ1) is 20.5. The van der Waals surface area contributed by atoms with Gasteiger partial charge in [0, 0.05) is 62.0 Å². The van der Waals surface area contributed by atoms with Gasteiger partial charge in [-0.25, -0.2) is 4.79 Å². The van der Waals surface area contributed by atoms with E-state index < -0.39 is 6.09 Å². The molecule has 5 rings (SSSR count). The molecule has 0 aliphatic carbocycles. The van der Waals surface area contributed by atoms with Crippen LogP contribution in [0.1, 0.15) is 39.1 Å². The van der Waals surface area contributed by atoms with Crippen LogP contribution in [-0.2, 0) is 11.3 Å². The molecule has 0 radical (unpaired) electrons. The zero-order valence-electron chi connectivity index (χ0n) is 23.6. The topological polar surface area (TPSA) is 94.2 Å². The predicted molar refractivity (Wildman–Crippen MR) is 164 cm³/mol. The molecule has 2 saturated heterocycles. The number of rotatable bonds is 6. The lowest BCUT2D eigenvalue weighted by atomic mass is 10.1. The van der Waals surface area contributed by atoms with Crippen molar-refractivity contribution in [2.24, 2.45) is 0 Å². The lowest BCUT2D eigenvalue weighted by Crippen LogP contribution is -2.35. The molecule has 2 fully saturated rings. The van der Waals surface area contributed by atoms with Crippen molar-refractivity contribution >= 4 is 40.9 Å². The second kappa shape index (κ2) is 14.2. The lowest BCUT2D eigenvalue weighted by Gasteiger charge is -2.27. The number of carbonyl (C=O) groups excluding carboxylic acids is 3. The number of hydrogen-bond donors (Lipinski definition) is 2. The maximum absolute atomic E-state index is 13.4. The normalized spacial score (nSPS) is 15.9. The molecule has 10 heteroatoms. The van der Waals surface area contributed by atoms with Crippen LogP contribution in [0.2, 0.25) is 5.02 Å². The van der Waals surface area contributed by atoms with Gasteiger partial charge in [-0.3, -0.25) is 14.9 Å². The number of nitrogens with zero attached hydrogens (tertiary/aromatic N) is 3. The average Bonchev–Trinajstić information content (AvgIpc) is 3.44. The lowest BCUT2D eigenvalue weighted by molar-refractivity contribution is 0.0759. The van der Waals surface area contributed by atoms with Crippen molar-refractivity contribution in [1.82, 2.24) is 15.1 Å². The van der Waals surface area contributed by atoms with Crippen LogP contribution in [0.3, 0.4) is 0 Å². The van der Waals surface area contributed by atoms with E-state index in [0.29, 0.717) is 61.1 Å². The van der Waals surface area contributed by atoms with Crippen molar-refractivity contribution in [2.45, 2.75) is 19.4 Å². The molecule has 0 spiro atoms. The maximum atomic E-state index is 13.4. The Balaban J connectivity index is 1.34. The number of nitrogens with one attached hydrogen (secondary N) is 2. The Bertz CT molecular complexity index is 1390. The average molecular weight is 590 g/mol. The summed E-state index contributed by atoms with van der Waals surface area (Å²) in [5.74, 6) is -0.129. The van der Waals surface area contributed by atoms with Crippen molar-refractivity contribution in [3.8, 4) is 0 Å². The number of hydrogen-bond acceptors (Lipinski definition) is 6. The van der Waals surface area contributed by atoms with Crippen molar-refractivity contribution < 1.29 is 19.1 Å². The molecule has 0 bridgehead atoms. The van der Waals surface area contributed by atoms with Crippen LogP contribution in [0.15, 0.2) is 72.8 Å². The van der Waals surface area contributed by atoms with E-state index in [2.05, 4.69) is 15.5 Å². The molecule has 3 aromatic rings. The van der Waals surface area contributed by atoms with E-state index in [1.165, 1.54) is 0 Å². The van der Waals surface area contributed by atoms with E-state index in [9.17, 15) is 14.4 Å². The van der Waals surface area contributed by atoms with Gasteiger partial charge in [-0.15, -0.1) is 0 Å². The first kappa shape index (κ1) is 29.4. The third-order valence-corrected chi connectivity index (χ3v) is 7.75. The van der Waals surface area contributed by atoms with Crippen LogP contribution < -0.4 is 15.5 Å². The van der Waals surface area contributed by atoms with E-state index >= 15 is 0 Å². The van der Waals surface area contributed by atoms with Gasteiger partial charge in [0.05, 0.1) is 11.4 Å². The Hall–Kier alpha value is -4.08. The monoisotopic (exact) mass is 589 g/mol. The SMILES string of the molecule is O=C(Nc1cc(C(=O)N2CCCNCC2)ccc1N1CCCN(C(=O)c2cccc(Cl)c2)CC1)OCc1ccccc1. The molecule has 220 valence electrons. The number of halogens is 1. The second-order valence-corrected chi connectivity index (χ2v) is 10.9. The quantitative estimate of drug-likeness (QED) is 0.426. The summed E-state index contributed by atoms with van der Waals surface area (Å²) >= 11 is 6.12. The summed E-state index contributed by atoms with van der Waals surface area (Å²) in [5, 5.41) is 6.74. The number of anilines is 2. The van der Waals surface area contributed by atoms with Crippen molar-refractivity contribution in [2.75, 3.05) is 62.6 Å². The van der Waals surface area contributed by atoms with Crippen LogP contribution in [0.5, 0.6) is 0 Å². The highest BCUT2D eigenvalue weighted by molar-refractivity contribution is 6.31. The first-order valence-electron chi connectivity index (χ1n) is 14.4. The summed E-state index contributed by atoms with van der Waals surface area (Å²) in [7, 11) is 0. The molecule has 3 aromatic carbocycles. The van der Waals surface area contributed by atoms with Gasteiger partial charge in [-0.1, -0.05) is 48.0 Å². The summed E-state index contributed by atoms with van der Waals surface area (Å²) in [6, 6.07) is 21.9. The Labute approximate surface area is 251 Å². The summed E-state index contributed by atoms with van der Waals surface area (Å²) in [4.78, 5) is 45.3. The number of benzene rings is 3. The summed E-state index contributed by atoms with van der Waals surface area (Å²) in [5.41, 5.74) is 3.22. The van der Waals surface area contributed by atoms with Gasteiger partial charge >= 0.3 is 6.09 Å². The van der Waals surface area contributed by atoms with Gasteiger partial charge in [-0.2, -0.15) is 0 Å². The van der Waals surface area contributed by atoms with Gasteiger partial charge in [0.2, 0.25) is 0 Å². The Morgan fingerprint density at radius 1 is 0.762 bits per heavy atom. The Morgan fingerprint density at radius 2 is 1.52 bits per heavy atom. The minimum absolute atomic E-state index is 0.0601. The minimum atomic E-state index is -0.601. The fraction of sp³-hybridized carbons (Fsp3) is 0.344. The van der Waals surface area contributed by atoms with Crippen LogP contribution in [0.4, 0.5) is 16.2 Å². The van der Waals surface area contributed by atoms with Gasteiger partial charge in [-0.05, 0) is 61.3 Å². The van der Waals surface area contributed by atoms with E-state index in [1.54, 1.807) is 30.3 Å². The molecule has 0 saturated carbocycles. The molecule has 3 amide bonds. The van der Waals surface area contributed by atoms with Crippen LogP contribution >= 0.6 is 11.6 Å². The van der Waals surface area contributed by atoms with E-state index in [0.717, 1.165) is 37.2 Å². The summed E-state index contributed by atoms with van der Waals surface area (Å²) in [6.45, 7) is 5.42. The second-order valence-electron chi connectivity index (χ2n) is 10.5. The molecular weight excluding hydrogens is 554 g/mol. The fourth-order valence-electron chi connectivity index (χ4n) is 5.31. The van der Waals surface area contributed by atoms with Crippen LogP contribution in [-0.4, -0.2) is 80.1 Å². The molecule has 2 aliphatic heterocycles. The molecule has 42 heavy (non-hydrogen) atoms. The van der Waals surface area contributed by atoms with Crippen LogP contribution in [0, 0.1) is 0 Å². The van der Waals surface area contributed by atoms with Crippen LogP contribution in [0.25, 0.3) is 0 Å². The van der Waals surface area contributed by atoms with Gasteiger partial charge in [0.15, 0.2) is 0 Å². The smallest absolute Gasteiger partial charge is 0.412 e. The third kappa shape index (κ3) is 7.60. The summed E-state index contributed by atoms with van der Waals surface area (Å²) in [6.07, 6.45) is 1.03. The molecule has 2 heterocycles. The van der Waals surface area contributed by atoms with Crippen molar-refractivity contribution in [3.05, 3.63) is 94.5 Å². The third-order valence-electron chi connectivity index (χ3n) is 7.52. The molecule has 0 unspecified atom stereocenters. The molecule has 2 N–H and O–H groups in total. The highest BCUT2D eigenvalue weighted by Crippen LogP contribution is 2.30. The zero-order valence-corrected chi connectivity index (χ0v) is 24.3. The van der Waals surface area contributed by atoms with Crippen molar-refractivity contribution in [1.29, 1.82) is 0 Å². The Morgan fingerprint density at radius 3 is 2.33 bits per heavy atom. The largest absolute Gasteiger partial charge is 0.444 e. The first-order valence-corrected chi connectivity index (χ1v) is 14.8. The zero-order chi connectivity index (χ0) is 29.3. The molecular formula is C32H36ClN5O4. The van der Waals surface area contributed by atoms with Gasteiger partial charge in [0.25, 0.3) is 11.8 Å². The molecule has 0 atom stereocenters. The maximum Gasteiger partial charge on any atom is 0.412 e. The summed E-state index contributed by atoms with van der Waals surface area (Å²) < 4.78 is 5.50. The fourth-order valence-corrected chi connectivity index (χ4v) is 5.50. The van der Waals surface area contributed by atoms with Gasteiger partial charge in [0.1, 0.15) is 6.61 Å². The number of amides is 3. The van der Waals surface area contributed by atoms with Crippen molar-refractivity contribution in [3.63, 3.8) is 0 Å². The van der Waals surface area contributed by atoms with Gasteiger partial charge < -0.3 is 24.8 Å². The molecule has 2 aliphatic rings. The highest BCUT2D eigenvalue weighted by atomic mass is 35.5.